The highest BCUT2D eigenvalue weighted by Crippen LogP contribution is 2.36. The molecule has 2 aromatic heterocycles. The second kappa shape index (κ2) is 8.13. The Balaban J connectivity index is 1.88. The highest BCUT2D eigenvalue weighted by molar-refractivity contribution is 9.10. The van der Waals surface area contributed by atoms with E-state index in [0.717, 1.165) is 10.2 Å². The van der Waals surface area contributed by atoms with Crippen LogP contribution in [-0.2, 0) is 19.8 Å². The monoisotopic (exact) mass is 485 g/mol. The fourth-order valence-corrected chi connectivity index (χ4v) is 3.81. The summed E-state index contributed by atoms with van der Waals surface area (Å²) in [5, 5.41) is 10.5. The number of carbonyl (C=O) groups is 1. The van der Waals surface area contributed by atoms with Crippen LogP contribution >= 0.6 is 15.9 Å². The van der Waals surface area contributed by atoms with Crippen LogP contribution in [0.3, 0.4) is 0 Å². The van der Waals surface area contributed by atoms with Crippen LogP contribution in [0.2, 0.25) is 0 Å². The molecular formula is C19H19BrF3N5O2. The molecule has 1 N–H and O–H groups in total. The van der Waals surface area contributed by atoms with Crippen LogP contribution in [0.1, 0.15) is 33.1 Å². The van der Waals surface area contributed by atoms with Gasteiger partial charge in [-0.15, -0.1) is 0 Å². The molecule has 3 rings (SSSR count). The van der Waals surface area contributed by atoms with Gasteiger partial charge in [-0.2, -0.15) is 23.4 Å². The molecule has 2 heterocycles. The number of aromatic nitrogens is 4. The van der Waals surface area contributed by atoms with Gasteiger partial charge in [0.2, 0.25) is 0 Å². The van der Waals surface area contributed by atoms with Crippen LogP contribution in [0.15, 0.2) is 28.7 Å². The summed E-state index contributed by atoms with van der Waals surface area (Å²) in [6, 6.07) is 7.49. The number of hydrogen-bond donors (Lipinski definition) is 1. The van der Waals surface area contributed by atoms with Gasteiger partial charge in [0, 0.05) is 7.05 Å². The largest absolute Gasteiger partial charge is 0.497 e. The Hall–Kier alpha value is -2.82. The minimum atomic E-state index is -4.68. The molecule has 0 atom stereocenters. The highest BCUT2D eigenvalue weighted by atomic mass is 79.9. The standard InChI is InChI=1S/C19H19BrF3N5O2/c1-10-15(11(2)28(25-10)9-12-6-5-7-13(8-12)30-4)24-18(29)16-14(20)17(19(21,22)23)26-27(16)3/h5-8H,9H2,1-4H3,(H,24,29). The van der Waals surface area contributed by atoms with E-state index in [1.54, 1.807) is 25.6 Å². The van der Waals surface area contributed by atoms with E-state index in [4.69, 9.17) is 4.74 Å². The van der Waals surface area contributed by atoms with Gasteiger partial charge in [-0.3, -0.25) is 14.2 Å². The van der Waals surface area contributed by atoms with Crippen molar-refractivity contribution < 1.29 is 22.7 Å². The molecule has 1 aromatic carbocycles. The van der Waals surface area contributed by atoms with Crippen molar-refractivity contribution in [3.63, 3.8) is 0 Å². The molecule has 0 saturated heterocycles. The van der Waals surface area contributed by atoms with Gasteiger partial charge in [0.15, 0.2) is 5.69 Å². The van der Waals surface area contributed by atoms with Crippen molar-refractivity contribution in [3.05, 3.63) is 57.1 Å². The summed E-state index contributed by atoms with van der Waals surface area (Å²) >= 11 is 2.86. The first-order valence-electron chi connectivity index (χ1n) is 8.81. The highest BCUT2D eigenvalue weighted by Gasteiger charge is 2.39. The molecule has 160 valence electrons. The van der Waals surface area contributed by atoms with E-state index in [0.29, 0.717) is 29.4 Å². The number of alkyl halides is 3. The third kappa shape index (κ3) is 4.20. The molecule has 11 heteroatoms. The first-order chi connectivity index (χ1) is 14.0. The number of nitrogens with zero attached hydrogens (tertiary/aromatic N) is 4. The minimum Gasteiger partial charge on any atom is -0.497 e. The molecule has 30 heavy (non-hydrogen) atoms. The molecule has 1 amide bonds. The molecule has 0 bridgehead atoms. The number of halogens is 4. The molecule has 0 aliphatic rings. The smallest absolute Gasteiger partial charge is 0.436 e. The number of rotatable bonds is 5. The second-order valence-electron chi connectivity index (χ2n) is 6.64. The Morgan fingerprint density at radius 1 is 1.27 bits per heavy atom. The predicted octanol–water partition coefficient (Wildman–Crippen LogP) is 4.32. The van der Waals surface area contributed by atoms with E-state index in [9.17, 15) is 18.0 Å². The van der Waals surface area contributed by atoms with Gasteiger partial charge in [-0.1, -0.05) is 12.1 Å². The molecule has 0 radical (unpaired) electrons. The van der Waals surface area contributed by atoms with Crippen LogP contribution < -0.4 is 10.1 Å². The average molecular weight is 486 g/mol. The number of anilines is 1. The maximum atomic E-state index is 13.1. The third-order valence-corrected chi connectivity index (χ3v) is 5.31. The van der Waals surface area contributed by atoms with Gasteiger partial charge in [-0.25, -0.2) is 0 Å². The average Bonchev–Trinajstić information content (AvgIpc) is 3.12. The summed E-state index contributed by atoms with van der Waals surface area (Å²) in [6.07, 6.45) is -4.68. The van der Waals surface area contributed by atoms with Crippen molar-refractivity contribution in [2.45, 2.75) is 26.6 Å². The van der Waals surface area contributed by atoms with Crippen molar-refractivity contribution in [3.8, 4) is 5.75 Å². The molecule has 0 unspecified atom stereocenters. The van der Waals surface area contributed by atoms with Gasteiger partial charge in [0.1, 0.15) is 11.4 Å². The lowest BCUT2D eigenvalue weighted by atomic mass is 10.2. The molecular weight excluding hydrogens is 467 g/mol. The fourth-order valence-electron chi connectivity index (χ4n) is 3.07. The number of nitrogens with one attached hydrogen (secondary N) is 1. The maximum Gasteiger partial charge on any atom is 0.436 e. The number of hydrogen-bond acceptors (Lipinski definition) is 4. The van der Waals surface area contributed by atoms with Crippen LogP contribution in [0.25, 0.3) is 0 Å². The number of aryl methyl sites for hydroxylation is 2. The van der Waals surface area contributed by atoms with E-state index < -0.39 is 22.3 Å². The van der Waals surface area contributed by atoms with Crippen LogP contribution in [0.5, 0.6) is 5.75 Å². The Morgan fingerprint density at radius 2 is 1.97 bits per heavy atom. The molecule has 0 spiro atoms. The van der Waals surface area contributed by atoms with Crippen LogP contribution in [0.4, 0.5) is 18.9 Å². The van der Waals surface area contributed by atoms with Crippen molar-refractivity contribution in [2.75, 3.05) is 12.4 Å². The zero-order chi connectivity index (χ0) is 22.2. The van der Waals surface area contributed by atoms with Gasteiger partial charge in [0.25, 0.3) is 5.91 Å². The summed E-state index contributed by atoms with van der Waals surface area (Å²) in [6.45, 7) is 3.92. The van der Waals surface area contributed by atoms with Gasteiger partial charge in [0.05, 0.1) is 35.2 Å². The Bertz CT molecular complexity index is 1100. The lowest BCUT2D eigenvalue weighted by Gasteiger charge is -2.09. The number of methoxy groups -OCH3 is 1. The summed E-state index contributed by atoms with van der Waals surface area (Å²) < 4.78 is 46.6. The SMILES string of the molecule is COc1cccc(Cn2nc(C)c(NC(=O)c3c(Br)c(C(F)(F)F)nn3C)c2C)c1. The van der Waals surface area contributed by atoms with Gasteiger partial charge >= 0.3 is 6.18 Å². The summed E-state index contributed by atoms with van der Waals surface area (Å²) in [5.74, 6) is -0.0106. The fraction of sp³-hybridized carbons (Fsp3) is 0.316. The van der Waals surface area contributed by atoms with Crippen molar-refractivity contribution in [1.82, 2.24) is 19.6 Å². The zero-order valence-electron chi connectivity index (χ0n) is 16.6. The summed E-state index contributed by atoms with van der Waals surface area (Å²) in [5.41, 5.74) is 1.20. The van der Waals surface area contributed by atoms with Crippen LogP contribution in [-0.4, -0.2) is 32.6 Å². The lowest BCUT2D eigenvalue weighted by Crippen LogP contribution is -2.17. The van der Waals surface area contributed by atoms with Crippen molar-refractivity contribution >= 4 is 27.5 Å². The second-order valence-corrected chi connectivity index (χ2v) is 7.43. The number of amides is 1. The quantitative estimate of drug-likeness (QED) is 0.583. The van der Waals surface area contributed by atoms with Crippen molar-refractivity contribution in [1.29, 1.82) is 0 Å². The number of carbonyl (C=O) groups excluding carboxylic acids is 1. The number of ether oxygens (including phenoxy) is 1. The molecule has 7 nitrogen and oxygen atoms in total. The predicted molar refractivity (Wildman–Crippen MR) is 108 cm³/mol. The Morgan fingerprint density at radius 3 is 2.57 bits per heavy atom. The van der Waals surface area contributed by atoms with E-state index in [-0.39, 0.29) is 5.69 Å². The van der Waals surface area contributed by atoms with E-state index in [1.165, 1.54) is 7.05 Å². The third-order valence-electron chi connectivity index (χ3n) is 4.56. The first kappa shape index (κ1) is 21.9. The maximum absolute atomic E-state index is 13.1. The minimum absolute atomic E-state index is 0.235. The Labute approximate surface area is 179 Å². The summed E-state index contributed by atoms with van der Waals surface area (Å²) in [4.78, 5) is 12.7. The molecule has 0 saturated carbocycles. The van der Waals surface area contributed by atoms with Crippen molar-refractivity contribution in [2.24, 2.45) is 7.05 Å². The lowest BCUT2D eigenvalue weighted by molar-refractivity contribution is -0.142. The number of benzene rings is 1. The molecule has 0 aliphatic carbocycles. The van der Waals surface area contributed by atoms with Gasteiger partial charge in [-0.05, 0) is 47.5 Å². The van der Waals surface area contributed by atoms with E-state index in [1.807, 2.05) is 24.3 Å². The zero-order valence-corrected chi connectivity index (χ0v) is 18.2. The molecule has 0 aliphatic heterocycles. The van der Waals surface area contributed by atoms with E-state index >= 15 is 0 Å². The van der Waals surface area contributed by atoms with Gasteiger partial charge < -0.3 is 10.1 Å². The summed E-state index contributed by atoms with van der Waals surface area (Å²) in [7, 11) is 2.86. The first-order valence-corrected chi connectivity index (χ1v) is 9.60. The van der Waals surface area contributed by atoms with Crippen LogP contribution in [0, 0.1) is 13.8 Å². The molecule has 0 fully saturated rings. The van der Waals surface area contributed by atoms with E-state index in [2.05, 4.69) is 31.4 Å². The molecule has 3 aromatic rings. The topological polar surface area (TPSA) is 74.0 Å². The Kier molecular flexibility index (Phi) is 5.93. The normalized spacial score (nSPS) is 11.6.